The van der Waals surface area contributed by atoms with Crippen LogP contribution in [0.15, 0.2) is 41.3 Å². The first kappa shape index (κ1) is 23.7. The van der Waals surface area contributed by atoms with Crippen LogP contribution < -0.4 is 14.4 Å². The number of carbonyl (C=O) groups is 1. The predicted molar refractivity (Wildman–Crippen MR) is 110 cm³/mol. The van der Waals surface area contributed by atoms with Crippen LogP contribution in [-0.4, -0.2) is 50.9 Å². The van der Waals surface area contributed by atoms with Gasteiger partial charge in [0.25, 0.3) is 10.0 Å². The maximum atomic E-state index is 13.3. The zero-order valence-electron chi connectivity index (χ0n) is 16.9. The second-order valence-corrected chi connectivity index (χ2v) is 8.88. The molecule has 0 atom stereocenters. The fourth-order valence-electron chi connectivity index (χ4n) is 3.40. The summed E-state index contributed by atoms with van der Waals surface area (Å²) in [4.78, 5) is 12.4. The summed E-state index contributed by atoms with van der Waals surface area (Å²) in [6.45, 7) is 0.637. The topological polar surface area (TPSA) is 116 Å². The number of aliphatic hydroxyl groups excluding tert-OH is 1. The van der Waals surface area contributed by atoms with E-state index in [9.17, 15) is 36.6 Å². The summed E-state index contributed by atoms with van der Waals surface area (Å²) < 4.78 is 73.2. The molecule has 1 heterocycles. The van der Waals surface area contributed by atoms with Crippen LogP contribution in [-0.2, 0) is 16.2 Å². The molecule has 12 heteroatoms. The molecule has 0 saturated carbocycles. The number of carboxylic acid groups (broad SMARTS) is 1. The zero-order chi connectivity index (χ0) is 23.7. The molecule has 0 spiro atoms. The Kier molecular flexibility index (Phi) is 6.56. The predicted octanol–water partition coefficient (Wildman–Crippen LogP) is 3.17. The van der Waals surface area contributed by atoms with Gasteiger partial charge in [-0.25, -0.2) is 13.2 Å². The van der Waals surface area contributed by atoms with Crippen LogP contribution in [0.4, 0.5) is 24.5 Å². The Hall–Kier alpha value is -2.99. The van der Waals surface area contributed by atoms with Gasteiger partial charge in [-0.05, 0) is 49.2 Å². The lowest BCUT2D eigenvalue weighted by atomic mass is 10.1. The van der Waals surface area contributed by atoms with E-state index in [1.54, 1.807) is 4.90 Å². The van der Waals surface area contributed by atoms with Crippen molar-refractivity contribution < 1.29 is 41.3 Å². The molecule has 0 aromatic heterocycles. The highest BCUT2D eigenvalue weighted by Crippen LogP contribution is 2.38. The van der Waals surface area contributed by atoms with E-state index >= 15 is 0 Å². The number of anilines is 2. The monoisotopic (exact) mass is 474 g/mol. The van der Waals surface area contributed by atoms with Gasteiger partial charge in [0.05, 0.1) is 35.7 Å². The smallest absolute Gasteiger partial charge is 0.416 e. The van der Waals surface area contributed by atoms with Crippen molar-refractivity contribution in [3.63, 3.8) is 0 Å². The molecule has 2 aromatic rings. The van der Waals surface area contributed by atoms with Crippen molar-refractivity contribution in [2.24, 2.45) is 0 Å². The molecule has 0 radical (unpaired) electrons. The Morgan fingerprint density at radius 1 is 1.16 bits per heavy atom. The van der Waals surface area contributed by atoms with Crippen molar-refractivity contribution >= 4 is 27.4 Å². The first-order chi connectivity index (χ1) is 14.9. The summed E-state index contributed by atoms with van der Waals surface area (Å²) in [6, 6.07) is 5.87. The van der Waals surface area contributed by atoms with Crippen molar-refractivity contribution in [1.29, 1.82) is 0 Å². The van der Waals surface area contributed by atoms with E-state index in [-0.39, 0.29) is 22.7 Å². The highest BCUT2D eigenvalue weighted by Gasteiger charge is 2.33. The Morgan fingerprint density at radius 3 is 2.38 bits per heavy atom. The highest BCUT2D eigenvalue weighted by atomic mass is 32.2. The summed E-state index contributed by atoms with van der Waals surface area (Å²) in [5.74, 6) is -1.55. The maximum absolute atomic E-state index is 13.3. The third-order valence-corrected chi connectivity index (χ3v) is 6.46. The van der Waals surface area contributed by atoms with Gasteiger partial charge in [0.1, 0.15) is 10.6 Å². The van der Waals surface area contributed by atoms with Crippen molar-refractivity contribution in [1.82, 2.24) is 0 Å². The minimum Gasteiger partial charge on any atom is -0.495 e. The molecule has 0 amide bonds. The van der Waals surface area contributed by atoms with Crippen LogP contribution in [0.25, 0.3) is 0 Å². The minimum absolute atomic E-state index is 0.169. The number of rotatable bonds is 6. The van der Waals surface area contributed by atoms with Crippen molar-refractivity contribution in [2.75, 3.05) is 29.8 Å². The SMILES string of the molecule is COc1ccc(C(=O)O)cc1S(=O)(=O)Nc1cc(C(F)(F)F)ccc1N1CCC(O)CC1. The quantitative estimate of drug-likeness (QED) is 0.589. The first-order valence-electron chi connectivity index (χ1n) is 9.51. The van der Waals surface area contributed by atoms with Gasteiger partial charge in [-0.1, -0.05) is 0 Å². The fraction of sp³-hybridized carbons (Fsp3) is 0.350. The largest absolute Gasteiger partial charge is 0.495 e. The third kappa shape index (κ3) is 5.07. The Morgan fingerprint density at radius 2 is 1.81 bits per heavy atom. The number of hydrogen-bond donors (Lipinski definition) is 3. The fourth-order valence-corrected chi connectivity index (χ4v) is 4.66. The van der Waals surface area contributed by atoms with Crippen molar-refractivity contribution in [3.05, 3.63) is 47.5 Å². The minimum atomic E-state index is -4.71. The van der Waals surface area contributed by atoms with Crippen molar-refractivity contribution in [3.8, 4) is 5.75 Å². The summed E-state index contributed by atoms with van der Waals surface area (Å²) in [5.41, 5.74) is -1.50. The van der Waals surface area contributed by atoms with Gasteiger partial charge in [-0.15, -0.1) is 0 Å². The Balaban J connectivity index is 2.08. The number of piperidine rings is 1. The number of sulfonamides is 1. The number of alkyl halides is 3. The Bertz CT molecular complexity index is 1110. The average Bonchev–Trinajstić information content (AvgIpc) is 2.73. The molecule has 0 unspecified atom stereocenters. The third-order valence-electron chi connectivity index (χ3n) is 5.07. The maximum Gasteiger partial charge on any atom is 0.416 e. The van der Waals surface area contributed by atoms with Crippen LogP contribution >= 0.6 is 0 Å². The molecule has 3 N–H and O–H groups in total. The molecule has 1 aliphatic heterocycles. The van der Waals surface area contributed by atoms with Gasteiger partial charge in [0.15, 0.2) is 0 Å². The van der Waals surface area contributed by atoms with Gasteiger partial charge in [-0.3, -0.25) is 4.72 Å². The van der Waals surface area contributed by atoms with Gasteiger partial charge in [0, 0.05) is 13.1 Å². The standard InChI is InChI=1S/C20H21F3N2O6S/c1-31-17-5-2-12(19(27)28)10-18(17)32(29,30)24-15-11-13(20(21,22)23)3-4-16(15)25-8-6-14(26)7-9-25/h2-5,10-11,14,24,26H,6-9H2,1H3,(H,27,28). The molecule has 3 rings (SSSR count). The van der Waals surface area contributed by atoms with Gasteiger partial charge < -0.3 is 19.8 Å². The molecule has 8 nitrogen and oxygen atoms in total. The number of aromatic carboxylic acids is 1. The van der Waals surface area contributed by atoms with E-state index in [0.29, 0.717) is 32.0 Å². The number of aliphatic hydroxyl groups is 1. The van der Waals surface area contributed by atoms with E-state index in [0.717, 1.165) is 24.3 Å². The molecular weight excluding hydrogens is 453 g/mol. The second kappa shape index (κ2) is 8.87. The average molecular weight is 474 g/mol. The molecule has 0 aliphatic carbocycles. The summed E-state index contributed by atoms with van der Waals surface area (Å²) in [5, 5.41) is 18.9. The van der Waals surface area contributed by atoms with E-state index < -0.39 is 38.7 Å². The van der Waals surface area contributed by atoms with Gasteiger partial charge >= 0.3 is 12.1 Å². The summed E-state index contributed by atoms with van der Waals surface area (Å²) in [6.07, 6.45) is -4.50. The van der Waals surface area contributed by atoms with Crippen molar-refractivity contribution in [2.45, 2.75) is 30.0 Å². The first-order valence-corrected chi connectivity index (χ1v) is 11.0. The second-order valence-electron chi connectivity index (χ2n) is 7.22. The number of benzene rings is 2. The molecule has 1 fully saturated rings. The molecule has 2 aromatic carbocycles. The molecule has 1 aliphatic rings. The molecule has 1 saturated heterocycles. The lowest BCUT2D eigenvalue weighted by Crippen LogP contribution is -2.36. The zero-order valence-corrected chi connectivity index (χ0v) is 17.7. The van der Waals surface area contributed by atoms with Gasteiger partial charge in [0.2, 0.25) is 0 Å². The molecule has 0 bridgehead atoms. The van der Waals surface area contributed by atoms with Crippen LogP contribution in [0, 0.1) is 0 Å². The normalized spacial score (nSPS) is 15.5. The van der Waals surface area contributed by atoms with Crippen LogP contribution in [0.1, 0.15) is 28.8 Å². The number of ether oxygens (including phenoxy) is 1. The number of halogens is 3. The number of methoxy groups -OCH3 is 1. The van der Waals surface area contributed by atoms with E-state index in [2.05, 4.69) is 4.72 Å². The highest BCUT2D eigenvalue weighted by molar-refractivity contribution is 7.92. The van der Waals surface area contributed by atoms with Crippen LogP contribution in [0.5, 0.6) is 5.75 Å². The summed E-state index contributed by atoms with van der Waals surface area (Å²) >= 11 is 0. The van der Waals surface area contributed by atoms with E-state index in [1.807, 2.05) is 0 Å². The van der Waals surface area contributed by atoms with Gasteiger partial charge in [-0.2, -0.15) is 13.2 Å². The molecule has 174 valence electrons. The molecule has 32 heavy (non-hydrogen) atoms. The number of hydrogen-bond acceptors (Lipinski definition) is 6. The lowest BCUT2D eigenvalue weighted by molar-refractivity contribution is -0.137. The number of nitrogens with one attached hydrogen (secondary N) is 1. The number of nitrogens with zero attached hydrogens (tertiary/aromatic N) is 1. The molecular formula is C20H21F3N2O6S. The lowest BCUT2D eigenvalue weighted by Gasteiger charge is -2.33. The van der Waals surface area contributed by atoms with E-state index in [4.69, 9.17) is 4.74 Å². The summed E-state index contributed by atoms with van der Waals surface area (Å²) in [7, 11) is -3.34. The van der Waals surface area contributed by atoms with Crippen LogP contribution in [0.2, 0.25) is 0 Å². The van der Waals surface area contributed by atoms with E-state index in [1.165, 1.54) is 13.2 Å². The Labute approximate surface area is 182 Å². The van der Waals surface area contributed by atoms with Crippen LogP contribution in [0.3, 0.4) is 0 Å². The number of carboxylic acids is 1.